The molecule has 0 aliphatic carbocycles. The molecule has 0 bridgehead atoms. The van der Waals surface area contributed by atoms with Gasteiger partial charge in [0.25, 0.3) is 5.91 Å². The van der Waals surface area contributed by atoms with E-state index in [1.807, 2.05) is 35.2 Å². The fourth-order valence-electron chi connectivity index (χ4n) is 3.78. The van der Waals surface area contributed by atoms with Gasteiger partial charge in [0.05, 0.1) is 23.9 Å². The lowest BCUT2D eigenvalue weighted by atomic mass is 9.98. The van der Waals surface area contributed by atoms with Gasteiger partial charge in [0.1, 0.15) is 11.3 Å². The summed E-state index contributed by atoms with van der Waals surface area (Å²) in [5.74, 6) is 1.36. The normalized spacial score (nSPS) is 18.3. The molecule has 0 spiro atoms. The third-order valence-corrected chi connectivity index (χ3v) is 5.22. The van der Waals surface area contributed by atoms with Gasteiger partial charge in [-0.1, -0.05) is 19.9 Å². The minimum atomic E-state index is 0.0393. The molecular weight excluding hydrogens is 340 g/mol. The number of hydrogen-bond donors (Lipinski definition) is 0. The smallest absolute Gasteiger partial charge is 0.256 e. The number of carbonyl (C=O) groups is 1. The molecular formula is C21H24N4O2. The molecule has 3 heterocycles. The molecule has 6 heteroatoms. The maximum absolute atomic E-state index is 13.4. The molecule has 2 aromatic heterocycles. The molecule has 1 amide bonds. The summed E-state index contributed by atoms with van der Waals surface area (Å²) in [4.78, 5) is 26.5. The van der Waals surface area contributed by atoms with Gasteiger partial charge in [-0.15, -0.1) is 0 Å². The van der Waals surface area contributed by atoms with Crippen LogP contribution >= 0.6 is 0 Å². The number of piperazine rings is 1. The Balaban J connectivity index is 1.57. The highest BCUT2D eigenvalue weighted by molar-refractivity contribution is 6.04. The lowest BCUT2D eigenvalue weighted by molar-refractivity contribution is 0.0315. The monoisotopic (exact) mass is 364 g/mol. The van der Waals surface area contributed by atoms with Crippen LogP contribution in [0.5, 0.6) is 0 Å². The average Bonchev–Trinajstić information content (AvgIpc) is 3.20. The zero-order valence-corrected chi connectivity index (χ0v) is 15.7. The van der Waals surface area contributed by atoms with E-state index in [1.54, 1.807) is 18.7 Å². The molecule has 1 aliphatic heterocycles. The summed E-state index contributed by atoms with van der Waals surface area (Å²) in [7, 11) is 0. The van der Waals surface area contributed by atoms with E-state index in [9.17, 15) is 4.79 Å². The van der Waals surface area contributed by atoms with Crippen LogP contribution in [0.25, 0.3) is 11.0 Å². The van der Waals surface area contributed by atoms with Crippen molar-refractivity contribution in [3.63, 3.8) is 0 Å². The van der Waals surface area contributed by atoms with Crippen LogP contribution in [0.4, 0.5) is 0 Å². The quantitative estimate of drug-likeness (QED) is 0.711. The summed E-state index contributed by atoms with van der Waals surface area (Å²) >= 11 is 0. The van der Waals surface area contributed by atoms with Crippen molar-refractivity contribution < 1.29 is 9.21 Å². The van der Waals surface area contributed by atoms with Crippen molar-refractivity contribution in [2.45, 2.75) is 26.4 Å². The van der Waals surface area contributed by atoms with E-state index in [0.29, 0.717) is 23.5 Å². The number of carbonyl (C=O) groups excluding carboxylic acids is 1. The first-order chi connectivity index (χ1) is 13.1. The first-order valence-corrected chi connectivity index (χ1v) is 9.39. The Labute approximate surface area is 158 Å². The number of hydrogen-bond acceptors (Lipinski definition) is 5. The van der Waals surface area contributed by atoms with Crippen LogP contribution in [0.2, 0.25) is 0 Å². The van der Waals surface area contributed by atoms with Gasteiger partial charge in [-0.25, -0.2) is 0 Å². The SMILES string of the molecule is CC(C)[C@H]1CN(Cc2ccco2)CCN1C(=O)c1cccc2nccnc12. The van der Waals surface area contributed by atoms with Gasteiger partial charge in [0.15, 0.2) is 0 Å². The molecule has 0 saturated carbocycles. The molecule has 6 nitrogen and oxygen atoms in total. The molecule has 1 atom stereocenters. The third kappa shape index (κ3) is 3.57. The topological polar surface area (TPSA) is 62.5 Å². The highest BCUT2D eigenvalue weighted by Gasteiger charge is 2.33. The third-order valence-electron chi connectivity index (χ3n) is 5.22. The fourth-order valence-corrected chi connectivity index (χ4v) is 3.78. The lowest BCUT2D eigenvalue weighted by Crippen LogP contribution is -2.56. The number of rotatable bonds is 4. The van der Waals surface area contributed by atoms with Crippen LogP contribution in [0.15, 0.2) is 53.4 Å². The number of para-hydroxylation sites is 1. The van der Waals surface area contributed by atoms with Gasteiger partial charge in [-0.05, 0) is 30.2 Å². The minimum absolute atomic E-state index is 0.0393. The van der Waals surface area contributed by atoms with Crippen LogP contribution in [0, 0.1) is 5.92 Å². The largest absolute Gasteiger partial charge is 0.468 e. The van der Waals surface area contributed by atoms with Gasteiger partial charge in [-0.2, -0.15) is 0 Å². The summed E-state index contributed by atoms with van der Waals surface area (Å²) in [6.45, 7) is 7.47. The van der Waals surface area contributed by atoms with Gasteiger partial charge < -0.3 is 9.32 Å². The molecule has 1 aliphatic rings. The molecule has 1 aromatic carbocycles. The summed E-state index contributed by atoms with van der Waals surface area (Å²) in [6, 6.07) is 9.68. The van der Waals surface area contributed by atoms with Crippen LogP contribution < -0.4 is 0 Å². The Morgan fingerprint density at radius 1 is 1.19 bits per heavy atom. The number of fused-ring (bicyclic) bond motifs is 1. The van der Waals surface area contributed by atoms with Crippen molar-refractivity contribution in [1.82, 2.24) is 19.8 Å². The second kappa shape index (κ2) is 7.48. The Hall–Kier alpha value is -2.73. The molecule has 4 rings (SSSR count). The Kier molecular flexibility index (Phi) is 4.90. The van der Waals surface area contributed by atoms with Crippen LogP contribution in [-0.4, -0.2) is 51.4 Å². The molecule has 27 heavy (non-hydrogen) atoms. The summed E-state index contributed by atoms with van der Waals surface area (Å²) in [5, 5.41) is 0. The van der Waals surface area contributed by atoms with E-state index < -0.39 is 0 Å². The van der Waals surface area contributed by atoms with Crippen molar-refractivity contribution in [3.8, 4) is 0 Å². The van der Waals surface area contributed by atoms with E-state index in [4.69, 9.17) is 4.42 Å². The van der Waals surface area contributed by atoms with Gasteiger partial charge >= 0.3 is 0 Å². The highest BCUT2D eigenvalue weighted by atomic mass is 16.3. The number of amides is 1. The van der Waals surface area contributed by atoms with E-state index in [2.05, 4.69) is 28.7 Å². The highest BCUT2D eigenvalue weighted by Crippen LogP contribution is 2.23. The van der Waals surface area contributed by atoms with Gasteiger partial charge in [0.2, 0.25) is 0 Å². The summed E-state index contributed by atoms with van der Waals surface area (Å²) in [6.07, 6.45) is 5.00. The maximum Gasteiger partial charge on any atom is 0.256 e. The summed E-state index contributed by atoms with van der Waals surface area (Å²) in [5.41, 5.74) is 2.05. The van der Waals surface area contributed by atoms with Crippen LogP contribution in [0.3, 0.4) is 0 Å². The van der Waals surface area contributed by atoms with Crippen molar-refractivity contribution in [2.75, 3.05) is 19.6 Å². The second-order valence-electron chi connectivity index (χ2n) is 7.35. The van der Waals surface area contributed by atoms with E-state index in [0.717, 1.165) is 30.9 Å². The minimum Gasteiger partial charge on any atom is -0.468 e. The van der Waals surface area contributed by atoms with Gasteiger partial charge in [-0.3, -0.25) is 19.7 Å². The molecule has 0 radical (unpaired) electrons. The van der Waals surface area contributed by atoms with E-state index >= 15 is 0 Å². The van der Waals surface area contributed by atoms with Crippen LogP contribution in [-0.2, 0) is 6.54 Å². The number of furan rings is 1. The zero-order chi connectivity index (χ0) is 18.8. The van der Waals surface area contributed by atoms with Crippen molar-refractivity contribution in [1.29, 1.82) is 0 Å². The molecule has 1 saturated heterocycles. The Bertz CT molecular complexity index is 918. The number of aromatic nitrogens is 2. The molecule has 0 unspecified atom stereocenters. The standard InChI is InChI=1S/C21H24N4O2/c1-15(2)19-14-24(13-16-5-4-12-27-16)10-11-25(19)21(26)17-6-3-7-18-20(17)23-9-8-22-18/h3-9,12,15,19H,10-11,13-14H2,1-2H3/t19-/m1/s1. The van der Waals surface area contributed by atoms with Crippen molar-refractivity contribution in [2.24, 2.45) is 5.92 Å². The van der Waals surface area contributed by atoms with E-state index in [-0.39, 0.29) is 11.9 Å². The lowest BCUT2D eigenvalue weighted by Gasteiger charge is -2.43. The predicted octanol–water partition coefficient (Wildman–Crippen LogP) is 3.21. The van der Waals surface area contributed by atoms with Gasteiger partial charge in [0, 0.05) is 38.1 Å². The van der Waals surface area contributed by atoms with E-state index in [1.165, 1.54) is 0 Å². The predicted molar refractivity (Wildman–Crippen MR) is 103 cm³/mol. The molecule has 140 valence electrons. The Morgan fingerprint density at radius 3 is 2.81 bits per heavy atom. The van der Waals surface area contributed by atoms with Crippen molar-refractivity contribution >= 4 is 16.9 Å². The first-order valence-electron chi connectivity index (χ1n) is 9.39. The second-order valence-corrected chi connectivity index (χ2v) is 7.35. The first kappa shape index (κ1) is 17.7. The number of nitrogens with zero attached hydrogens (tertiary/aromatic N) is 4. The molecule has 1 fully saturated rings. The van der Waals surface area contributed by atoms with Crippen molar-refractivity contribution in [3.05, 3.63) is 60.3 Å². The maximum atomic E-state index is 13.4. The summed E-state index contributed by atoms with van der Waals surface area (Å²) < 4.78 is 5.49. The van der Waals surface area contributed by atoms with Crippen LogP contribution in [0.1, 0.15) is 30.0 Å². The fraction of sp³-hybridized carbons (Fsp3) is 0.381. The molecule has 3 aromatic rings. The number of benzene rings is 1. The Morgan fingerprint density at radius 2 is 2.04 bits per heavy atom. The average molecular weight is 364 g/mol. The molecule has 0 N–H and O–H groups in total. The zero-order valence-electron chi connectivity index (χ0n) is 15.7.